The summed E-state index contributed by atoms with van der Waals surface area (Å²) in [6.07, 6.45) is 0. The van der Waals surface area contributed by atoms with Gasteiger partial charge < -0.3 is 10.6 Å². The van der Waals surface area contributed by atoms with Crippen LogP contribution in [0.25, 0.3) is 0 Å². The van der Waals surface area contributed by atoms with Gasteiger partial charge in [-0.15, -0.1) is 0 Å². The number of hydrogen-bond acceptors (Lipinski definition) is 4. The van der Waals surface area contributed by atoms with Crippen LogP contribution in [0.5, 0.6) is 0 Å². The molecule has 0 aromatic heterocycles. The Morgan fingerprint density at radius 2 is 2.10 bits per heavy atom. The van der Waals surface area contributed by atoms with Crippen LogP contribution >= 0.6 is 0 Å². The predicted molar refractivity (Wildman–Crippen MR) is 43.1 cm³/mol. The Hall–Kier alpha value is 2.66. The molecule has 0 amide bonds. The molecule has 0 aromatic carbocycles. The third-order valence-electron chi connectivity index (χ3n) is 0.462. The van der Waals surface area contributed by atoms with Crippen LogP contribution in [0.15, 0.2) is 0 Å². The zero-order chi connectivity index (χ0) is 6.41. The standard InChI is InChI=1S/C4H10N2O2.2K.2H/c1-4(7)8-6-3-2-5;;;;/h6H,2-3,5H2,1H3;;;;. The van der Waals surface area contributed by atoms with Gasteiger partial charge in [-0.2, -0.15) is 5.48 Å². The number of hydroxylamine groups is 1. The van der Waals surface area contributed by atoms with Crippen molar-refractivity contribution in [3.8, 4) is 0 Å². The molecule has 0 aliphatic heterocycles. The molecule has 4 nitrogen and oxygen atoms in total. The molecule has 0 saturated heterocycles. The number of nitrogens with two attached hydrogens (primary N) is 1. The monoisotopic (exact) mass is 198 g/mol. The van der Waals surface area contributed by atoms with Gasteiger partial charge in [0, 0.05) is 20.0 Å². The quantitative estimate of drug-likeness (QED) is 0.305. The molecule has 0 radical (unpaired) electrons. The summed E-state index contributed by atoms with van der Waals surface area (Å²) in [4.78, 5) is 14.3. The van der Waals surface area contributed by atoms with E-state index in [-0.39, 0.29) is 109 Å². The van der Waals surface area contributed by atoms with E-state index in [4.69, 9.17) is 5.73 Å². The van der Waals surface area contributed by atoms with Gasteiger partial charge >= 0.3 is 109 Å². The Balaban J connectivity index is -0.000000245. The summed E-state index contributed by atoms with van der Waals surface area (Å²) in [5.74, 6) is -0.349. The van der Waals surface area contributed by atoms with Gasteiger partial charge in [0.2, 0.25) is 0 Å². The minimum absolute atomic E-state index is 0. The summed E-state index contributed by atoms with van der Waals surface area (Å²) in [5.41, 5.74) is 7.42. The molecule has 0 bridgehead atoms. The van der Waals surface area contributed by atoms with Crippen molar-refractivity contribution >= 4 is 109 Å². The van der Waals surface area contributed by atoms with Crippen LogP contribution in [0.4, 0.5) is 0 Å². The summed E-state index contributed by atoms with van der Waals surface area (Å²) in [5, 5.41) is 0. The van der Waals surface area contributed by atoms with Gasteiger partial charge in [0.1, 0.15) is 0 Å². The second-order valence-corrected chi connectivity index (χ2v) is 1.28. The molecule has 0 spiro atoms. The fourth-order valence-electron chi connectivity index (χ4n) is 0.212. The Labute approximate surface area is 146 Å². The SMILES string of the molecule is CC(=O)ONCCN.[KH].[KH]. The van der Waals surface area contributed by atoms with Gasteiger partial charge in [-0.1, -0.05) is 0 Å². The molecule has 0 aliphatic carbocycles. The van der Waals surface area contributed by atoms with Crippen molar-refractivity contribution < 1.29 is 9.63 Å². The second-order valence-electron chi connectivity index (χ2n) is 1.28. The number of carbonyl (C=O) groups is 1. The van der Waals surface area contributed by atoms with Crippen LogP contribution in [0, 0.1) is 0 Å². The zero-order valence-corrected chi connectivity index (χ0v) is 4.81. The number of hydrogen-bond donors (Lipinski definition) is 2. The summed E-state index contributed by atoms with van der Waals surface area (Å²) >= 11 is 0. The summed E-state index contributed by atoms with van der Waals surface area (Å²) in [7, 11) is 0. The van der Waals surface area contributed by atoms with Gasteiger partial charge in [0.05, 0.1) is 0 Å². The van der Waals surface area contributed by atoms with Crippen molar-refractivity contribution in [3.63, 3.8) is 0 Å². The molecule has 0 rings (SSSR count). The van der Waals surface area contributed by atoms with Crippen LogP contribution in [-0.2, 0) is 9.63 Å². The van der Waals surface area contributed by atoms with Crippen LogP contribution in [0.1, 0.15) is 6.92 Å². The van der Waals surface area contributed by atoms with Crippen LogP contribution in [-0.4, -0.2) is 122 Å². The molecule has 0 fully saturated rings. The molecule has 0 aromatic rings. The van der Waals surface area contributed by atoms with E-state index >= 15 is 0 Å². The fourth-order valence-corrected chi connectivity index (χ4v) is 0.212. The molecule has 0 aliphatic rings. The van der Waals surface area contributed by atoms with Gasteiger partial charge in [0.25, 0.3) is 0 Å². The van der Waals surface area contributed by atoms with E-state index in [1.165, 1.54) is 6.92 Å². The summed E-state index contributed by atoms with van der Waals surface area (Å²) in [6.45, 7) is 2.29. The maximum absolute atomic E-state index is 9.99. The summed E-state index contributed by atoms with van der Waals surface area (Å²) in [6, 6.07) is 0. The Bertz CT molecular complexity index is 81.7. The molecule has 52 valence electrons. The topological polar surface area (TPSA) is 64.3 Å². The Morgan fingerprint density at radius 1 is 1.60 bits per heavy atom. The van der Waals surface area contributed by atoms with Gasteiger partial charge in [-0.3, -0.25) is 4.79 Å². The molecule has 3 N–H and O–H groups in total. The third-order valence-corrected chi connectivity index (χ3v) is 0.462. The van der Waals surface area contributed by atoms with Crippen molar-refractivity contribution in [2.75, 3.05) is 13.1 Å². The maximum atomic E-state index is 9.99. The van der Waals surface area contributed by atoms with E-state index in [0.29, 0.717) is 13.1 Å². The van der Waals surface area contributed by atoms with E-state index in [1.807, 2.05) is 0 Å². The molecule has 6 heteroatoms. The molecule has 0 unspecified atom stereocenters. The molecule has 0 atom stereocenters. The predicted octanol–water partition coefficient (Wildman–Crippen LogP) is -2.28. The van der Waals surface area contributed by atoms with E-state index in [0.717, 1.165) is 0 Å². The average molecular weight is 198 g/mol. The van der Waals surface area contributed by atoms with Crippen molar-refractivity contribution in [3.05, 3.63) is 0 Å². The first-order valence-corrected chi connectivity index (χ1v) is 2.37. The van der Waals surface area contributed by atoms with E-state index in [9.17, 15) is 4.79 Å². The molecular formula is C4H12K2N2O2. The fraction of sp³-hybridized carbons (Fsp3) is 0.750. The van der Waals surface area contributed by atoms with Crippen molar-refractivity contribution in [2.24, 2.45) is 5.73 Å². The normalized spacial score (nSPS) is 7.00. The zero-order valence-electron chi connectivity index (χ0n) is 4.81. The Morgan fingerprint density at radius 3 is 2.40 bits per heavy atom. The minimum atomic E-state index is -0.349. The van der Waals surface area contributed by atoms with Crippen LogP contribution in [0.2, 0.25) is 0 Å². The number of rotatable bonds is 3. The first-order chi connectivity index (χ1) is 3.77. The van der Waals surface area contributed by atoms with Crippen LogP contribution in [0.3, 0.4) is 0 Å². The van der Waals surface area contributed by atoms with Crippen LogP contribution < -0.4 is 11.2 Å². The van der Waals surface area contributed by atoms with Gasteiger partial charge in [0.15, 0.2) is 0 Å². The van der Waals surface area contributed by atoms with Crippen molar-refractivity contribution in [1.29, 1.82) is 0 Å². The van der Waals surface area contributed by atoms with Gasteiger partial charge in [-0.25, -0.2) is 0 Å². The number of nitrogens with one attached hydrogen (secondary N) is 1. The Kier molecular flexibility index (Phi) is 26.2. The second kappa shape index (κ2) is 14.2. The molecule has 0 heterocycles. The summed E-state index contributed by atoms with van der Waals surface area (Å²) < 4.78 is 0. The molecule has 10 heavy (non-hydrogen) atoms. The number of carbonyl (C=O) groups excluding carboxylic acids is 1. The first-order valence-electron chi connectivity index (χ1n) is 2.37. The van der Waals surface area contributed by atoms with Gasteiger partial charge in [-0.05, 0) is 0 Å². The average Bonchev–Trinajstić information content (AvgIpc) is 1.66. The van der Waals surface area contributed by atoms with Crippen molar-refractivity contribution in [1.82, 2.24) is 5.48 Å². The van der Waals surface area contributed by atoms with Crippen molar-refractivity contribution in [2.45, 2.75) is 6.92 Å². The molecular weight excluding hydrogens is 186 g/mol. The van der Waals surface area contributed by atoms with E-state index in [2.05, 4.69) is 10.3 Å². The first kappa shape index (κ1) is 18.4. The van der Waals surface area contributed by atoms with E-state index in [1.54, 1.807) is 0 Å². The molecule has 0 saturated carbocycles. The van der Waals surface area contributed by atoms with E-state index < -0.39 is 0 Å². The third kappa shape index (κ3) is 17.0.